The molecule has 1 radical (unpaired) electrons. The van der Waals surface area contributed by atoms with Crippen LogP contribution in [0.15, 0.2) is 16.5 Å². The summed E-state index contributed by atoms with van der Waals surface area (Å²) in [7, 11) is 4.09. The summed E-state index contributed by atoms with van der Waals surface area (Å²) >= 11 is 0. The first-order chi connectivity index (χ1) is 10.1. The molecule has 1 aliphatic rings. The van der Waals surface area contributed by atoms with Gasteiger partial charge in [-0.05, 0) is 44.6 Å². The smallest absolute Gasteiger partial charge is 0.298 e. The molecule has 1 aromatic heterocycles. The first kappa shape index (κ1) is 13.9. The van der Waals surface area contributed by atoms with Gasteiger partial charge in [0, 0.05) is 19.6 Å². The predicted octanol–water partition coefficient (Wildman–Crippen LogP) is 1.26. The lowest BCUT2D eigenvalue weighted by Gasteiger charge is -2.34. The Kier molecular flexibility index (Phi) is 3.55. The zero-order valence-corrected chi connectivity index (χ0v) is 12.3. The summed E-state index contributed by atoms with van der Waals surface area (Å²) in [6, 6.07) is 7.09. The lowest BCUT2D eigenvalue weighted by Crippen LogP contribution is -2.45. The molecule has 6 heteroatoms. The van der Waals surface area contributed by atoms with Crippen molar-refractivity contribution in [3.63, 3.8) is 0 Å². The van der Waals surface area contributed by atoms with Gasteiger partial charge in [0.1, 0.15) is 5.52 Å². The zero-order valence-electron chi connectivity index (χ0n) is 12.3. The Morgan fingerprint density at radius 1 is 1.62 bits per heavy atom. The van der Waals surface area contributed by atoms with Crippen LogP contribution in [0.1, 0.15) is 23.2 Å². The van der Waals surface area contributed by atoms with E-state index in [1.807, 2.05) is 11.9 Å². The van der Waals surface area contributed by atoms with Crippen LogP contribution in [0.3, 0.4) is 0 Å². The largest absolute Gasteiger partial charge is 0.423 e. The van der Waals surface area contributed by atoms with Crippen molar-refractivity contribution >= 4 is 23.0 Å². The minimum Gasteiger partial charge on any atom is -0.423 e. The number of likely N-dealkylation sites (N-methyl/N-ethyl adjacent to an activating group) is 2. The molecule has 1 unspecified atom stereocenters. The van der Waals surface area contributed by atoms with E-state index in [-0.39, 0.29) is 5.56 Å². The highest BCUT2D eigenvalue weighted by molar-refractivity contribution is 6.03. The summed E-state index contributed by atoms with van der Waals surface area (Å²) in [5.74, 6) is -0.541. The van der Waals surface area contributed by atoms with Crippen LogP contribution in [0.5, 0.6) is 0 Å². The summed E-state index contributed by atoms with van der Waals surface area (Å²) in [4.78, 5) is 20.2. The lowest BCUT2D eigenvalue weighted by molar-refractivity contribution is 0.100. The fourth-order valence-electron chi connectivity index (χ4n) is 2.83. The second kappa shape index (κ2) is 5.37. The Morgan fingerprint density at radius 3 is 3.14 bits per heavy atom. The number of primary amides is 1. The normalized spacial score (nSPS) is 19.8. The topological polar surface area (TPSA) is 75.6 Å². The number of hydrogen-bond acceptors (Lipinski definition) is 5. The third-order valence-electron chi connectivity index (χ3n) is 4.04. The van der Waals surface area contributed by atoms with E-state index < -0.39 is 5.91 Å². The minimum absolute atomic E-state index is 0.275. The van der Waals surface area contributed by atoms with Crippen LogP contribution in [0, 0.1) is 6.07 Å². The molecule has 1 fully saturated rings. The van der Waals surface area contributed by atoms with Gasteiger partial charge in [-0.1, -0.05) is 0 Å². The van der Waals surface area contributed by atoms with Crippen molar-refractivity contribution in [2.75, 3.05) is 32.1 Å². The second-order valence-electron chi connectivity index (χ2n) is 5.60. The molecule has 0 saturated carbocycles. The molecule has 6 nitrogen and oxygen atoms in total. The van der Waals surface area contributed by atoms with Crippen LogP contribution < -0.4 is 10.6 Å². The highest BCUT2D eigenvalue weighted by Crippen LogP contribution is 2.26. The van der Waals surface area contributed by atoms with Gasteiger partial charge in [0.05, 0.1) is 5.56 Å². The Balaban J connectivity index is 1.93. The molecule has 1 amide bonds. The molecule has 2 aromatic rings. The number of benzene rings is 1. The molecule has 1 atom stereocenters. The fraction of sp³-hybridized carbons (Fsp3) is 0.467. The van der Waals surface area contributed by atoms with E-state index in [0.717, 1.165) is 25.9 Å². The molecule has 2 heterocycles. The number of carbonyl (C=O) groups excluding carboxylic acids is 1. The summed E-state index contributed by atoms with van der Waals surface area (Å²) < 4.78 is 5.78. The highest BCUT2D eigenvalue weighted by Gasteiger charge is 2.25. The minimum atomic E-state index is -0.541. The van der Waals surface area contributed by atoms with E-state index in [4.69, 9.17) is 10.2 Å². The average molecular weight is 287 g/mol. The van der Waals surface area contributed by atoms with Crippen molar-refractivity contribution in [3.05, 3.63) is 23.8 Å². The van der Waals surface area contributed by atoms with Crippen molar-refractivity contribution in [2.24, 2.45) is 5.73 Å². The number of nitrogens with zero attached hydrogens (tertiary/aromatic N) is 3. The molecule has 1 aromatic carbocycles. The van der Waals surface area contributed by atoms with E-state index in [1.54, 1.807) is 12.1 Å². The molecule has 1 saturated heterocycles. The maximum absolute atomic E-state index is 11.4. The van der Waals surface area contributed by atoms with Gasteiger partial charge in [0.2, 0.25) is 0 Å². The number of fused-ring (bicyclic) bond motifs is 1. The summed E-state index contributed by atoms with van der Waals surface area (Å²) in [5, 5.41) is 0. The molecule has 111 valence electrons. The number of amides is 1. The zero-order chi connectivity index (χ0) is 15.0. The monoisotopic (exact) mass is 287 g/mol. The Bertz CT molecular complexity index is 667. The van der Waals surface area contributed by atoms with E-state index >= 15 is 0 Å². The number of rotatable bonds is 3. The first-order valence-electron chi connectivity index (χ1n) is 7.08. The second-order valence-corrected chi connectivity index (χ2v) is 5.60. The van der Waals surface area contributed by atoms with E-state index in [2.05, 4.69) is 23.0 Å². The number of aromatic nitrogens is 1. The van der Waals surface area contributed by atoms with Crippen molar-refractivity contribution in [1.82, 2.24) is 9.88 Å². The standard InChI is InChI=1S/C15H19N4O2/c1-18-8-4-5-10(9-18)19(2)15-17-13-11(14(16)20)6-3-7-12(13)21-15/h3,7,10H,4-5,8-9H2,1-2H3,(H2,16,20). The maximum atomic E-state index is 11.4. The fourth-order valence-corrected chi connectivity index (χ4v) is 2.83. The SMILES string of the molecule is CN1CCCC(N(C)c2nc3c(C(N)=O)[c]ccc3o2)C1. The summed E-state index contributed by atoms with van der Waals surface area (Å²) in [6.07, 6.45) is 2.26. The van der Waals surface area contributed by atoms with Gasteiger partial charge in [-0.2, -0.15) is 4.98 Å². The third kappa shape index (κ3) is 2.58. The molecule has 0 bridgehead atoms. The number of nitrogens with two attached hydrogens (primary N) is 1. The first-order valence-corrected chi connectivity index (χ1v) is 7.08. The van der Waals surface area contributed by atoms with Crippen molar-refractivity contribution in [1.29, 1.82) is 0 Å². The number of piperidine rings is 1. The van der Waals surface area contributed by atoms with Crippen LogP contribution in [-0.4, -0.2) is 49.0 Å². The Hall–Kier alpha value is -2.08. The van der Waals surface area contributed by atoms with E-state index in [1.165, 1.54) is 0 Å². The third-order valence-corrected chi connectivity index (χ3v) is 4.04. The molecule has 21 heavy (non-hydrogen) atoms. The van der Waals surface area contributed by atoms with Crippen LogP contribution in [0.4, 0.5) is 6.01 Å². The number of anilines is 1. The van der Waals surface area contributed by atoms with Crippen LogP contribution in [0.2, 0.25) is 0 Å². The van der Waals surface area contributed by atoms with Gasteiger partial charge in [0.15, 0.2) is 5.58 Å². The molecular formula is C15H19N4O2. The average Bonchev–Trinajstić information content (AvgIpc) is 2.89. The molecular weight excluding hydrogens is 268 g/mol. The summed E-state index contributed by atoms with van der Waals surface area (Å²) in [5.41, 5.74) is 6.67. The molecule has 3 rings (SSSR count). The van der Waals surface area contributed by atoms with Crippen molar-refractivity contribution in [2.45, 2.75) is 18.9 Å². The molecule has 0 aliphatic carbocycles. The molecule has 0 spiro atoms. The number of carbonyl (C=O) groups is 1. The number of likely N-dealkylation sites (tertiary alicyclic amines) is 1. The van der Waals surface area contributed by atoms with E-state index in [9.17, 15) is 4.79 Å². The van der Waals surface area contributed by atoms with Crippen LogP contribution in [0.25, 0.3) is 11.1 Å². The number of hydrogen-bond donors (Lipinski definition) is 1. The van der Waals surface area contributed by atoms with Crippen LogP contribution in [-0.2, 0) is 0 Å². The molecule has 2 N–H and O–H groups in total. The van der Waals surface area contributed by atoms with Gasteiger partial charge in [-0.15, -0.1) is 0 Å². The van der Waals surface area contributed by atoms with Gasteiger partial charge in [-0.25, -0.2) is 0 Å². The quantitative estimate of drug-likeness (QED) is 0.919. The Labute approximate surface area is 123 Å². The predicted molar refractivity (Wildman–Crippen MR) is 80.3 cm³/mol. The van der Waals surface area contributed by atoms with Crippen molar-refractivity contribution < 1.29 is 9.21 Å². The molecule has 1 aliphatic heterocycles. The van der Waals surface area contributed by atoms with Gasteiger partial charge in [0.25, 0.3) is 11.9 Å². The van der Waals surface area contributed by atoms with Gasteiger partial charge in [-0.3, -0.25) is 4.79 Å². The van der Waals surface area contributed by atoms with E-state index in [0.29, 0.717) is 23.2 Å². The lowest BCUT2D eigenvalue weighted by atomic mass is 10.1. The van der Waals surface area contributed by atoms with Gasteiger partial charge >= 0.3 is 0 Å². The highest BCUT2D eigenvalue weighted by atomic mass is 16.4. The van der Waals surface area contributed by atoms with Gasteiger partial charge < -0.3 is 20.0 Å². The maximum Gasteiger partial charge on any atom is 0.298 e. The Morgan fingerprint density at radius 2 is 2.43 bits per heavy atom. The summed E-state index contributed by atoms with van der Waals surface area (Å²) in [6.45, 7) is 2.10. The number of oxazole rings is 1. The van der Waals surface area contributed by atoms with Crippen LogP contribution >= 0.6 is 0 Å². The van der Waals surface area contributed by atoms with Crippen molar-refractivity contribution in [3.8, 4) is 0 Å².